The van der Waals surface area contributed by atoms with Gasteiger partial charge in [0.2, 0.25) is 0 Å². The van der Waals surface area contributed by atoms with Crippen molar-refractivity contribution >= 4 is 5.91 Å². The van der Waals surface area contributed by atoms with E-state index in [4.69, 9.17) is 0 Å². The first-order valence-electron chi connectivity index (χ1n) is 7.34. The molecule has 0 aliphatic carbocycles. The third-order valence-corrected chi connectivity index (χ3v) is 3.33. The minimum absolute atomic E-state index is 0.0234. The molecule has 20 heavy (non-hydrogen) atoms. The second-order valence-corrected chi connectivity index (χ2v) is 6.59. The smallest absolute Gasteiger partial charge is 0.251 e. The third kappa shape index (κ3) is 5.74. The maximum Gasteiger partial charge on any atom is 0.251 e. The molecule has 0 saturated heterocycles. The maximum absolute atomic E-state index is 12.0. The molecule has 0 bridgehead atoms. The summed E-state index contributed by atoms with van der Waals surface area (Å²) < 4.78 is 0. The molecule has 3 heteroatoms. The Bertz CT molecular complexity index is 416. The van der Waals surface area contributed by atoms with Crippen molar-refractivity contribution in [3.8, 4) is 0 Å². The maximum atomic E-state index is 12.0. The number of hydrogen-bond acceptors (Lipinski definition) is 2. The van der Waals surface area contributed by atoms with Crippen LogP contribution in [0.15, 0.2) is 24.3 Å². The van der Waals surface area contributed by atoms with E-state index >= 15 is 0 Å². The number of nitrogens with one attached hydrogen (secondary N) is 1. The number of carbonyl (C=O) groups excluding carboxylic acids is 1. The van der Waals surface area contributed by atoms with E-state index in [1.165, 1.54) is 5.56 Å². The van der Waals surface area contributed by atoms with E-state index in [1.54, 1.807) is 0 Å². The molecule has 0 spiro atoms. The topological polar surface area (TPSA) is 32.3 Å². The van der Waals surface area contributed by atoms with Crippen LogP contribution in [0.3, 0.4) is 0 Å². The van der Waals surface area contributed by atoms with Gasteiger partial charge in [-0.25, -0.2) is 0 Å². The molecule has 0 atom stereocenters. The Hall–Kier alpha value is -1.35. The molecule has 0 fully saturated rings. The Morgan fingerprint density at radius 1 is 1.10 bits per heavy atom. The van der Waals surface area contributed by atoms with Gasteiger partial charge in [0.1, 0.15) is 0 Å². The van der Waals surface area contributed by atoms with Crippen molar-refractivity contribution in [3.63, 3.8) is 0 Å². The van der Waals surface area contributed by atoms with E-state index in [1.807, 2.05) is 24.3 Å². The van der Waals surface area contributed by atoms with Gasteiger partial charge in [0, 0.05) is 12.1 Å². The number of nitrogens with zero attached hydrogens (tertiary/aromatic N) is 1. The SMILES string of the molecule is CN(C)CCCCNC(=O)c1ccc(C(C)(C)C)cc1. The molecular formula is C17H28N2O. The zero-order valence-corrected chi connectivity index (χ0v) is 13.5. The fourth-order valence-corrected chi connectivity index (χ4v) is 1.98. The Labute approximate surface area is 123 Å². The second-order valence-electron chi connectivity index (χ2n) is 6.59. The van der Waals surface area contributed by atoms with Gasteiger partial charge < -0.3 is 10.2 Å². The third-order valence-electron chi connectivity index (χ3n) is 3.33. The van der Waals surface area contributed by atoms with Gasteiger partial charge in [0.15, 0.2) is 0 Å². The summed E-state index contributed by atoms with van der Waals surface area (Å²) in [4.78, 5) is 14.1. The fourth-order valence-electron chi connectivity index (χ4n) is 1.98. The highest BCUT2D eigenvalue weighted by Gasteiger charge is 2.14. The molecule has 0 radical (unpaired) electrons. The highest BCUT2D eigenvalue weighted by Crippen LogP contribution is 2.22. The highest BCUT2D eigenvalue weighted by molar-refractivity contribution is 5.94. The average Bonchev–Trinajstić information content (AvgIpc) is 2.37. The van der Waals surface area contributed by atoms with Crippen molar-refractivity contribution < 1.29 is 4.79 Å². The van der Waals surface area contributed by atoms with Crippen LogP contribution in [-0.2, 0) is 5.41 Å². The molecule has 0 aliphatic heterocycles. The molecule has 0 saturated carbocycles. The summed E-state index contributed by atoms with van der Waals surface area (Å²) in [6, 6.07) is 7.91. The zero-order chi connectivity index (χ0) is 15.2. The number of amides is 1. The Morgan fingerprint density at radius 2 is 1.70 bits per heavy atom. The van der Waals surface area contributed by atoms with Crippen LogP contribution in [0.25, 0.3) is 0 Å². The molecule has 1 rings (SSSR count). The summed E-state index contributed by atoms with van der Waals surface area (Å²) in [6.45, 7) is 8.33. The van der Waals surface area contributed by atoms with Crippen molar-refractivity contribution in [1.82, 2.24) is 10.2 Å². The van der Waals surface area contributed by atoms with Crippen LogP contribution >= 0.6 is 0 Å². The first kappa shape index (κ1) is 16.7. The number of carbonyl (C=O) groups is 1. The Morgan fingerprint density at radius 3 is 2.20 bits per heavy atom. The minimum Gasteiger partial charge on any atom is -0.352 e. The predicted molar refractivity (Wildman–Crippen MR) is 85.3 cm³/mol. The summed E-state index contributed by atoms with van der Waals surface area (Å²) >= 11 is 0. The molecule has 1 aromatic rings. The van der Waals surface area contributed by atoms with E-state index in [-0.39, 0.29) is 11.3 Å². The molecule has 1 amide bonds. The van der Waals surface area contributed by atoms with Crippen molar-refractivity contribution in [1.29, 1.82) is 0 Å². The zero-order valence-electron chi connectivity index (χ0n) is 13.5. The standard InChI is InChI=1S/C17H28N2O/c1-17(2,3)15-10-8-14(9-11-15)16(20)18-12-6-7-13-19(4)5/h8-11H,6-7,12-13H2,1-5H3,(H,18,20). The fraction of sp³-hybridized carbons (Fsp3) is 0.588. The molecule has 1 N–H and O–H groups in total. The summed E-state index contributed by atoms with van der Waals surface area (Å²) in [6.07, 6.45) is 2.13. The van der Waals surface area contributed by atoms with Crippen molar-refractivity contribution in [2.24, 2.45) is 0 Å². The van der Waals surface area contributed by atoms with Crippen LogP contribution in [0.1, 0.15) is 49.5 Å². The lowest BCUT2D eigenvalue weighted by Crippen LogP contribution is -2.25. The molecule has 0 aromatic heterocycles. The van der Waals surface area contributed by atoms with Crippen LogP contribution in [0.2, 0.25) is 0 Å². The predicted octanol–water partition coefficient (Wildman–Crippen LogP) is 3.06. The molecule has 0 heterocycles. The van der Waals surface area contributed by atoms with Gasteiger partial charge in [0.25, 0.3) is 5.91 Å². The quantitative estimate of drug-likeness (QED) is 0.810. The van der Waals surface area contributed by atoms with Gasteiger partial charge in [-0.15, -0.1) is 0 Å². The largest absolute Gasteiger partial charge is 0.352 e. The number of rotatable bonds is 6. The van der Waals surface area contributed by atoms with Crippen molar-refractivity contribution in [3.05, 3.63) is 35.4 Å². The summed E-state index contributed by atoms with van der Waals surface area (Å²) in [7, 11) is 4.13. The molecule has 1 aromatic carbocycles. The number of benzene rings is 1. The lowest BCUT2D eigenvalue weighted by molar-refractivity contribution is 0.0952. The molecule has 0 unspecified atom stereocenters. The van der Waals surface area contributed by atoms with Gasteiger partial charge in [-0.2, -0.15) is 0 Å². The first-order valence-corrected chi connectivity index (χ1v) is 7.34. The van der Waals surface area contributed by atoms with Gasteiger partial charge >= 0.3 is 0 Å². The Balaban J connectivity index is 2.40. The molecule has 112 valence electrons. The molecule has 3 nitrogen and oxygen atoms in total. The van der Waals surface area contributed by atoms with Crippen LogP contribution in [0.5, 0.6) is 0 Å². The van der Waals surface area contributed by atoms with Crippen LogP contribution in [0.4, 0.5) is 0 Å². The number of hydrogen-bond donors (Lipinski definition) is 1. The normalized spacial score (nSPS) is 11.7. The second kappa shape index (κ2) is 7.44. The summed E-state index contributed by atoms with van der Waals surface area (Å²) in [5.74, 6) is 0.0234. The average molecular weight is 276 g/mol. The highest BCUT2D eigenvalue weighted by atomic mass is 16.1. The van der Waals surface area contributed by atoms with E-state index in [2.05, 4.69) is 45.1 Å². The summed E-state index contributed by atoms with van der Waals surface area (Å²) in [5.41, 5.74) is 2.12. The van der Waals surface area contributed by atoms with Crippen molar-refractivity contribution in [2.45, 2.75) is 39.0 Å². The molecule has 0 aliphatic rings. The van der Waals surface area contributed by atoms with Gasteiger partial charge in [-0.3, -0.25) is 4.79 Å². The van der Waals surface area contributed by atoms with E-state index < -0.39 is 0 Å². The first-order chi connectivity index (χ1) is 9.30. The minimum atomic E-state index is 0.0234. The summed E-state index contributed by atoms with van der Waals surface area (Å²) in [5, 5.41) is 2.97. The van der Waals surface area contributed by atoms with Crippen LogP contribution in [-0.4, -0.2) is 38.0 Å². The monoisotopic (exact) mass is 276 g/mol. The van der Waals surface area contributed by atoms with Crippen molar-refractivity contribution in [2.75, 3.05) is 27.2 Å². The van der Waals surface area contributed by atoms with Crippen LogP contribution in [0, 0.1) is 0 Å². The van der Waals surface area contributed by atoms with E-state index in [0.29, 0.717) is 0 Å². The van der Waals surface area contributed by atoms with Crippen LogP contribution < -0.4 is 5.32 Å². The van der Waals surface area contributed by atoms with E-state index in [9.17, 15) is 4.79 Å². The Kier molecular flexibility index (Phi) is 6.21. The lowest BCUT2D eigenvalue weighted by Gasteiger charge is -2.19. The van der Waals surface area contributed by atoms with E-state index in [0.717, 1.165) is 31.5 Å². The van der Waals surface area contributed by atoms with Gasteiger partial charge in [0.05, 0.1) is 0 Å². The van der Waals surface area contributed by atoms with Gasteiger partial charge in [-0.1, -0.05) is 32.9 Å². The lowest BCUT2D eigenvalue weighted by atomic mass is 9.87. The number of unbranched alkanes of at least 4 members (excludes halogenated alkanes) is 1. The molecular weight excluding hydrogens is 248 g/mol. The van der Waals surface area contributed by atoms with Gasteiger partial charge in [-0.05, 0) is 56.6 Å².